The summed E-state index contributed by atoms with van der Waals surface area (Å²) in [7, 11) is -0.390. The molecule has 1 aromatic rings. The van der Waals surface area contributed by atoms with E-state index in [1.54, 1.807) is 0 Å². The van der Waals surface area contributed by atoms with E-state index in [9.17, 15) is 4.79 Å². The second-order valence-electron chi connectivity index (χ2n) is 11.1. The lowest BCUT2D eigenvalue weighted by Crippen LogP contribution is -2.65. The first-order valence-corrected chi connectivity index (χ1v) is 12.2. The molecule has 3 aliphatic carbocycles. The van der Waals surface area contributed by atoms with Crippen LogP contribution in [0.15, 0.2) is 30.3 Å². The van der Waals surface area contributed by atoms with Crippen LogP contribution in [0.2, 0.25) is 0 Å². The highest BCUT2D eigenvalue weighted by molar-refractivity contribution is 6.48. The molecule has 168 valence electrons. The monoisotopic (exact) mass is 424 g/mol. The van der Waals surface area contributed by atoms with Gasteiger partial charge in [0.15, 0.2) is 0 Å². The first-order valence-electron chi connectivity index (χ1n) is 12.2. The highest BCUT2D eigenvalue weighted by Crippen LogP contribution is 2.65. The van der Waals surface area contributed by atoms with Gasteiger partial charge in [-0.25, -0.2) is 0 Å². The van der Waals surface area contributed by atoms with Gasteiger partial charge in [-0.1, -0.05) is 44.2 Å². The molecule has 2 aliphatic heterocycles. The van der Waals surface area contributed by atoms with Crippen LogP contribution in [0.4, 0.5) is 0 Å². The molecule has 2 saturated heterocycles. The third-order valence-corrected chi connectivity index (χ3v) is 8.82. The predicted molar refractivity (Wildman–Crippen MR) is 122 cm³/mol. The van der Waals surface area contributed by atoms with Gasteiger partial charge in [0.2, 0.25) is 5.91 Å². The molecule has 6 atom stereocenters. The minimum Gasteiger partial charge on any atom is -0.404 e. The molecule has 3 saturated carbocycles. The van der Waals surface area contributed by atoms with Crippen LogP contribution in [0.5, 0.6) is 0 Å². The summed E-state index contributed by atoms with van der Waals surface area (Å²) in [5.41, 5.74) is 1.26. The maximum Gasteiger partial charge on any atom is 0.482 e. The van der Waals surface area contributed by atoms with Crippen molar-refractivity contribution in [1.29, 1.82) is 0 Å². The molecule has 31 heavy (non-hydrogen) atoms. The van der Waals surface area contributed by atoms with Gasteiger partial charge >= 0.3 is 7.12 Å². The van der Waals surface area contributed by atoms with Crippen molar-refractivity contribution in [3.05, 3.63) is 35.9 Å². The summed E-state index contributed by atoms with van der Waals surface area (Å²) in [6, 6.07) is 10.4. The van der Waals surface area contributed by atoms with Crippen LogP contribution in [-0.4, -0.2) is 43.8 Å². The Morgan fingerprint density at radius 2 is 2.06 bits per heavy atom. The van der Waals surface area contributed by atoms with Crippen molar-refractivity contribution in [1.82, 2.24) is 10.6 Å². The fraction of sp³-hybridized carbons (Fsp3) is 0.720. The minimum atomic E-state index is -0.390. The van der Waals surface area contributed by atoms with Gasteiger partial charge in [-0.05, 0) is 80.8 Å². The second kappa shape index (κ2) is 8.20. The largest absolute Gasteiger partial charge is 0.482 e. The molecule has 2 bridgehead atoms. The molecule has 2 heterocycles. The van der Waals surface area contributed by atoms with E-state index in [4.69, 9.17) is 9.31 Å². The molecule has 5 fully saturated rings. The number of carbonyl (C=O) groups is 1. The van der Waals surface area contributed by atoms with E-state index in [1.165, 1.54) is 12.0 Å². The number of nitrogens with one attached hydrogen (secondary N) is 2. The molecular weight excluding hydrogens is 387 g/mol. The van der Waals surface area contributed by atoms with Crippen LogP contribution >= 0.6 is 0 Å². The third-order valence-electron chi connectivity index (χ3n) is 8.82. The molecule has 1 amide bonds. The SMILES string of the molecule is CC1(C)[C@@H]2C[C@H]3OB([C@H](Cc4ccccc4)NC(=O)C[C@@H]4CCCNC4)O[C@@]3(C)[C@H]1C2. The molecule has 0 radical (unpaired) electrons. The van der Waals surface area contributed by atoms with Gasteiger partial charge in [0.05, 0.1) is 17.6 Å². The normalized spacial score (nSPS) is 36.9. The Hall–Kier alpha value is -1.37. The van der Waals surface area contributed by atoms with E-state index in [-0.39, 0.29) is 23.6 Å². The number of carbonyl (C=O) groups excluding carboxylic acids is 1. The van der Waals surface area contributed by atoms with Crippen molar-refractivity contribution in [2.75, 3.05) is 13.1 Å². The molecule has 2 N–H and O–H groups in total. The molecule has 6 rings (SSSR count). The van der Waals surface area contributed by atoms with Crippen molar-refractivity contribution in [3.8, 4) is 0 Å². The number of hydrogen-bond donors (Lipinski definition) is 2. The smallest absolute Gasteiger partial charge is 0.404 e. The van der Waals surface area contributed by atoms with E-state index in [0.29, 0.717) is 23.7 Å². The molecule has 0 unspecified atom stereocenters. The number of hydrogen-bond acceptors (Lipinski definition) is 4. The quantitative estimate of drug-likeness (QED) is 0.688. The van der Waals surface area contributed by atoms with E-state index in [0.717, 1.165) is 44.7 Å². The van der Waals surface area contributed by atoms with Crippen LogP contribution in [0, 0.1) is 23.2 Å². The van der Waals surface area contributed by atoms with E-state index < -0.39 is 7.12 Å². The summed E-state index contributed by atoms with van der Waals surface area (Å²) in [5, 5.41) is 6.73. The topological polar surface area (TPSA) is 59.6 Å². The Morgan fingerprint density at radius 1 is 1.26 bits per heavy atom. The third kappa shape index (κ3) is 3.96. The van der Waals surface area contributed by atoms with E-state index in [1.807, 2.05) is 6.07 Å². The average molecular weight is 424 g/mol. The van der Waals surface area contributed by atoms with Crippen LogP contribution in [-0.2, 0) is 20.5 Å². The van der Waals surface area contributed by atoms with Crippen LogP contribution in [0.25, 0.3) is 0 Å². The van der Waals surface area contributed by atoms with Crippen LogP contribution < -0.4 is 10.6 Å². The van der Waals surface area contributed by atoms with Gasteiger partial charge in [0.1, 0.15) is 0 Å². The summed E-state index contributed by atoms with van der Waals surface area (Å²) in [4.78, 5) is 13.0. The number of amides is 1. The lowest BCUT2D eigenvalue weighted by molar-refractivity contribution is -0.199. The number of piperidine rings is 1. The van der Waals surface area contributed by atoms with Crippen LogP contribution in [0.3, 0.4) is 0 Å². The zero-order valence-corrected chi connectivity index (χ0v) is 19.2. The maximum atomic E-state index is 13.0. The lowest BCUT2D eigenvalue weighted by Gasteiger charge is -2.64. The highest BCUT2D eigenvalue weighted by atomic mass is 16.7. The Morgan fingerprint density at radius 3 is 2.77 bits per heavy atom. The predicted octanol–water partition coefficient (Wildman–Crippen LogP) is 3.37. The van der Waals surface area contributed by atoms with Crippen molar-refractivity contribution in [2.24, 2.45) is 23.2 Å². The van der Waals surface area contributed by atoms with Gasteiger partial charge in [-0.3, -0.25) is 4.79 Å². The van der Waals surface area contributed by atoms with Crippen molar-refractivity contribution in [2.45, 2.75) is 76.9 Å². The maximum absolute atomic E-state index is 13.0. The first kappa shape index (κ1) is 21.5. The fourth-order valence-corrected chi connectivity index (χ4v) is 6.78. The second-order valence-corrected chi connectivity index (χ2v) is 11.1. The zero-order valence-electron chi connectivity index (χ0n) is 19.2. The Kier molecular flexibility index (Phi) is 5.68. The van der Waals surface area contributed by atoms with Crippen molar-refractivity contribution in [3.63, 3.8) is 0 Å². The zero-order chi connectivity index (χ0) is 21.6. The van der Waals surface area contributed by atoms with Gasteiger partial charge in [0.25, 0.3) is 0 Å². The Bertz CT molecular complexity index is 797. The van der Waals surface area contributed by atoms with Gasteiger partial charge in [0, 0.05) is 6.42 Å². The number of rotatable bonds is 6. The van der Waals surface area contributed by atoms with Gasteiger partial charge < -0.3 is 19.9 Å². The summed E-state index contributed by atoms with van der Waals surface area (Å²) >= 11 is 0. The summed E-state index contributed by atoms with van der Waals surface area (Å²) in [5.74, 6) is 1.61. The lowest BCUT2D eigenvalue weighted by atomic mass is 9.43. The molecular formula is C25H37BN2O3. The fourth-order valence-electron chi connectivity index (χ4n) is 6.78. The molecule has 1 aromatic carbocycles. The molecule has 5 aliphatic rings. The van der Waals surface area contributed by atoms with E-state index >= 15 is 0 Å². The van der Waals surface area contributed by atoms with Crippen LogP contribution in [0.1, 0.15) is 58.4 Å². The Balaban J connectivity index is 1.30. The standard InChI is InChI=1S/C25H37BN2O3/c1-24(2)19-14-20(24)25(3)21(15-19)30-26(31-25)22(12-17-8-5-4-6-9-17)28-23(29)13-18-10-7-11-27-16-18/h4-6,8-9,18-22,27H,7,10-16H2,1-3H3,(H,28,29)/t18-,19-,20-,21+,22-,25-/m0/s1. The molecule has 6 heteroatoms. The molecule has 5 nitrogen and oxygen atoms in total. The summed E-state index contributed by atoms with van der Waals surface area (Å²) in [6.07, 6.45) is 6.00. The first-order chi connectivity index (χ1) is 14.9. The van der Waals surface area contributed by atoms with E-state index in [2.05, 4.69) is 55.7 Å². The van der Waals surface area contributed by atoms with Gasteiger partial charge in [-0.2, -0.15) is 0 Å². The summed E-state index contributed by atoms with van der Waals surface area (Å²) < 4.78 is 13.3. The van der Waals surface area contributed by atoms with Gasteiger partial charge in [-0.15, -0.1) is 0 Å². The number of benzene rings is 1. The van der Waals surface area contributed by atoms with Crippen molar-refractivity contribution < 1.29 is 14.1 Å². The minimum absolute atomic E-state index is 0.117. The Labute approximate surface area is 187 Å². The van der Waals surface area contributed by atoms with Crippen molar-refractivity contribution >= 4 is 13.0 Å². The molecule has 0 aromatic heterocycles. The highest BCUT2D eigenvalue weighted by Gasteiger charge is 2.68. The molecule has 0 spiro atoms. The summed E-state index contributed by atoms with van der Waals surface area (Å²) in [6.45, 7) is 9.01. The average Bonchev–Trinajstić information content (AvgIpc) is 3.12.